The Hall–Kier alpha value is -2.64. The van der Waals surface area contributed by atoms with Gasteiger partial charge in [0.05, 0.1) is 11.3 Å². The molecule has 164 valence electrons. The highest BCUT2D eigenvalue weighted by molar-refractivity contribution is 6.36. The Morgan fingerprint density at radius 2 is 1.84 bits per heavy atom. The summed E-state index contributed by atoms with van der Waals surface area (Å²) in [5, 5.41) is 5.76. The molecule has 31 heavy (non-hydrogen) atoms. The van der Waals surface area contributed by atoms with E-state index in [1.165, 1.54) is 10.6 Å². The third-order valence-electron chi connectivity index (χ3n) is 5.57. The summed E-state index contributed by atoms with van der Waals surface area (Å²) in [6, 6.07) is 6.49. The molecular formula is C22H23Cl2N3O4. The first-order chi connectivity index (χ1) is 14.5. The number of rotatable bonds is 5. The lowest BCUT2D eigenvalue weighted by Gasteiger charge is -2.25. The largest absolute Gasteiger partial charge is 0.351 e. The lowest BCUT2D eigenvalue weighted by Crippen LogP contribution is -2.40. The van der Waals surface area contributed by atoms with Crippen molar-refractivity contribution in [2.24, 2.45) is 7.05 Å². The quantitative estimate of drug-likeness (QED) is 0.666. The van der Waals surface area contributed by atoms with Crippen molar-refractivity contribution in [2.45, 2.75) is 44.6 Å². The molecule has 3 rings (SSSR count). The van der Waals surface area contributed by atoms with E-state index in [9.17, 15) is 19.2 Å². The third kappa shape index (κ3) is 4.83. The third-order valence-corrected chi connectivity index (χ3v) is 6.20. The summed E-state index contributed by atoms with van der Waals surface area (Å²) in [5.74, 6) is -1.59. The number of imide groups is 1. The van der Waals surface area contributed by atoms with Crippen molar-refractivity contribution in [2.75, 3.05) is 0 Å². The van der Waals surface area contributed by atoms with E-state index in [0.29, 0.717) is 33.2 Å². The Kier molecular flexibility index (Phi) is 6.57. The van der Waals surface area contributed by atoms with Crippen LogP contribution in [0.4, 0.5) is 0 Å². The van der Waals surface area contributed by atoms with Crippen molar-refractivity contribution in [3.05, 3.63) is 67.6 Å². The molecular weight excluding hydrogens is 441 g/mol. The van der Waals surface area contributed by atoms with Crippen LogP contribution in [-0.2, 0) is 33.4 Å². The lowest BCUT2D eigenvalue weighted by atomic mass is 9.84. The molecule has 1 unspecified atom stereocenters. The van der Waals surface area contributed by atoms with Crippen molar-refractivity contribution in [3.8, 4) is 0 Å². The van der Waals surface area contributed by atoms with Gasteiger partial charge in [-0.05, 0) is 49.6 Å². The SMILES string of the molecule is Cn1ccc(C(C)(C)C(=O)NCc2cc(Cl)c(C3CCC(=O)NC3=O)c(Cl)c2)cc1=O. The molecule has 2 N–H and O–H groups in total. The molecule has 1 fully saturated rings. The highest BCUT2D eigenvalue weighted by Crippen LogP contribution is 2.37. The Bertz CT molecular complexity index is 1100. The van der Waals surface area contributed by atoms with Gasteiger partial charge in [-0.3, -0.25) is 24.5 Å². The van der Waals surface area contributed by atoms with E-state index in [2.05, 4.69) is 10.6 Å². The zero-order chi connectivity index (χ0) is 22.9. The molecule has 0 radical (unpaired) electrons. The van der Waals surface area contributed by atoms with Crippen LogP contribution in [0.5, 0.6) is 0 Å². The fraction of sp³-hybridized carbons (Fsp3) is 0.364. The average Bonchev–Trinajstić information content (AvgIpc) is 2.69. The summed E-state index contributed by atoms with van der Waals surface area (Å²) in [6.45, 7) is 3.65. The monoisotopic (exact) mass is 463 g/mol. The number of halogens is 2. The summed E-state index contributed by atoms with van der Waals surface area (Å²) in [4.78, 5) is 48.3. The predicted molar refractivity (Wildman–Crippen MR) is 118 cm³/mol. The Labute approximate surface area is 189 Å². The van der Waals surface area contributed by atoms with E-state index >= 15 is 0 Å². The number of aryl methyl sites for hydroxylation is 1. The van der Waals surface area contributed by atoms with Gasteiger partial charge in [-0.15, -0.1) is 0 Å². The van der Waals surface area contributed by atoms with Crippen molar-refractivity contribution in [1.29, 1.82) is 0 Å². The van der Waals surface area contributed by atoms with E-state index in [4.69, 9.17) is 23.2 Å². The van der Waals surface area contributed by atoms with Crippen LogP contribution in [0.3, 0.4) is 0 Å². The van der Waals surface area contributed by atoms with E-state index in [1.807, 2.05) is 0 Å². The maximum absolute atomic E-state index is 12.8. The summed E-state index contributed by atoms with van der Waals surface area (Å²) in [7, 11) is 1.64. The number of benzene rings is 1. The van der Waals surface area contributed by atoms with Crippen LogP contribution in [0.15, 0.2) is 35.3 Å². The van der Waals surface area contributed by atoms with E-state index in [0.717, 1.165) is 0 Å². The van der Waals surface area contributed by atoms with Gasteiger partial charge < -0.3 is 9.88 Å². The maximum atomic E-state index is 12.8. The second-order valence-electron chi connectivity index (χ2n) is 8.15. The first-order valence-corrected chi connectivity index (χ1v) is 10.5. The summed E-state index contributed by atoms with van der Waals surface area (Å²) >= 11 is 12.8. The van der Waals surface area contributed by atoms with Crippen LogP contribution in [0.2, 0.25) is 10.0 Å². The zero-order valence-corrected chi connectivity index (χ0v) is 18.9. The van der Waals surface area contributed by atoms with Gasteiger partial charge in [0.15, 0.2) is 0 Å². The van der Waals surface area contributed by atoms with Crippen LogP contribution in [0, 0.1) is 0 Å². The number of pyridine rings is 1. The van der Waals surface area contributed by atoms with Crippen molar-refractivity contribution in [3.63, 3.8) is 0 Å². The minimum Gasteiger partial charge on any atom is -0.351 e. The van der Waals surface area contributed by atoms with Crippen LogP contribution in [-0.4, -0.2) is 22.3 Å². The molecule has 7 nitrogen and oxygen atoms in total. The number of carbonyl (C=O) groups excluding carboxylic acids is 3. The minimum absolute atomic E-state index is 0.169. The van der Waals surface area contributed by atoms with E-state index < -0.39 is 17.2 Å². The van der Waals surface area contributed by atoms with Gasteiger partial charge in [-0.1, -0.05) is 23.2 Å². The van der Waals surface area contributed by atoms with Gasteiger partial charge in [0.25, 0.3) is 5.56 Å². The summed E-state index contributed by atoms with van der Waals surface area (Å²) < 4.78 is 1.44. The number of hydrogen-bond acceptors (Lipinski definition) is 4. The van der Waals surface area contributed by atoms with Gasteiger partial charge in [0.1, 0.15) is 0 Å². The molecule has 1 aliphatic heterocycles. The second-order valence-corrected chi connectivity index (χ2v) is 8.96. The number of nitrogens with zero attached hydrogens (tertiary/aromatic N) is 1. The second kappa shape index (κ2) is 8.85. The van der Waals surface area contributed by atoms with Crippen LogP contribution in [0.25, 0.3) is 0 Å². The molecule has 1 aromatic carbocycles. The number of amides is 3. The van der Waals surface area contributed by atoms with E-state index in [1.54, 1.807) is 45.3 Å². The van der Waals surface area contributed by atoms with Crippen molar-refractivity contribution < 1.29 is 14.4 Å². The fourth-order valence-corrected chi connectivity index (χ4v) is 4.31. The highest BCUT2D eigenvalue weighted by atomic mass is 35.5. The maximum Gasteiger partial charge on any atom is 0.250 e. The van der Waals surface area contributed by atoms with E-state index in [-0.39, 0.29) is 30.3 Å². The van der Waals surface area contributed by atoms with Crippen molar-refractivity contribution >= 4 is 40.9 Å². The molecule has 2 aromatic rings. The van der Waals surface area contributed by atoms with Gasteiger partial charge in [0.2, 0.25) is 17.7 Å². The minimum atomic E-state index is -0.923. The molecule has 1 aliphatic rings. The molecule has 9 heteroatoms. The van der Waals surface area contributed by atoms with Gasteiger partial charge >= 0.3 is 0 Å². The first-order valence-electron chi connectivity index (χ1n) is 9.77. The van der Waals surface area contributed by atoms with Gasteiger partial charge in [0, 0.05) is 47.9 Å². The molecule has 3 amide bonds. The lowest BCUT2D eigenvalue weighted by molar-refractivity contribution is -0.134. The van der Waals surface area contributed by atoms with Crippen LogP contribution >= 0.6 is 23.2 Å². The number of nitrogens with one attached hydrogen (secondary N) is 2. The molecule has 0 saturated carbocycles. The number of carbonyl (C=O) groups is 3. The predicted octanol–water partition coefficient (Wildman–Crippen LogP) is 2.81. The standard InChI is InChI=1S/C22H23Cl2N3O4/c1-22(2,13-6-7-27(3)18(29)10-13)21(31)25-11-12-8-15(23)19(16(24)9-12)14-4-5-17(28)26-20(14)30/h6-10,14H,4-5,11H2,1-3H3,(H,25,31)(H,26,28,30). The smallest absolute Gasteiger partial charge is 0.250 e. The average molecular weight is 464 g/mol. The Morgan fingerprint density at radius 3 is 2.42 bits per heavy atom. The molecule has 0 bridgehead atoms. The molecule has 2 heterocycles. The van der Waals surface area contributed by atoms with Gasteiger partial charge in [-0.25, -0.2) is 0 Å². The highest BCUT2D eigenvalue weighted by Gasteiger charge is 2.32. The number of piperidine rings is 1. The normalized spacial score (nSPS) is 16.7. The Morgan fingerprint density at radius 1 is 1.19 bits per heavy atom. The molecule has 1 atom stereocenters. The van der Waals surface area contributed by atoms with Crippen LogP contribution < -0.4 is 16.2 Å². The van der Waals surface area contributed by atoms with Gasteiger partial charge in [-0.2, -0.15) is 0 Å². The molecule has 1 saturated heterocycles. The first kappa shape index (κ1) is 23.0. The summed E-state index contributed by atoms with van der Waals surface area (Å²) in [6.07, 6.45) is 2.18. The number of hydrogen-bond donors (Lipinski definition) is 2. The molecule has 0 aliphatic carbocycles. The number of aromatic nitrogens is 1. The fourth-order valence-electron chi connectivity index (χ4n) is 3.51. The van der Waals surface area contributed by atoms with Crippen molar-refractivity contribution in [1.82, 2.24) is 15.2 Å². The Balaban J connectivity index is 1.75. The zero-order valence-electron chi connectivity index (χ0n) is 17.4. The molecule has 1 aromatic heterocycles. The summed E-state index contributed by atoms with van der Waals surface area (Å²) in [5.41, 5.74) is 0.634. The molecule has 0 spiro atoms. The topological polar surface area (TPSA) is 97.3 Å². The van der Waals surface area contributed by atoms with Crippen LogP contribution in [0.1, 0.15) is 49.3 Å².